The number of carbonyl (C=O) groups is 1. The van der Waals surface area contributed by atoms with Crippen molar-refractivity contribution in [2.24, 2.45) is 0 Å². The van der Waals surface area contributed by atoms with Crippen LogP contribution in [0, 0.1) is 5.82 Å². The van der Waals surface area contributed by atoms with E-state index in [0.29, 0.717) is 30.2 Å². The third kappa shape index (κ3) is 4.68. The molecule has 2 heterocycles. The van der Waals surface area contributed by atoms with Crippen molar-refractivity contribution in [3.05, 3.63) is 72.3 Å². The van der Waals surface area contributed by atoms with Crippen molar-refractivity contribution in [2.75, 3.05) is 6.54 Å². The summed E-state index contributed by atoms with van der Waals surface area (Å²) >= 11 is 0. The summed E-state index contributed by atoms with van der Waals surface area (Å²) in [6, 6.07) is 14.3. The molecule has 0 fully saturated rings. The lowest BCUT2D eigenvalue weighted by Crippen LogP contribution is -2.25. The van der Waals surface area contributed by atoms with Gasteiger partial charge in [0.25, 0.3) is 0 Å². The number of hydrogen-bond donors (Lipinski definition) is 2. The van der Waals surface area contributed by atoms with E-state index in [9.17, 15) is 9.18 Å². The molecule has 148 valence electrons. The van der Waals surface area contributed by atoms with E-state index in [2.05, 4.69) is 20.3 Å². The van der Waals surface area contributed by atoms with Crippen molar-refractivity contribution in [3.8, 4) is 11.3 Å². The van der Waals surface area contributed by atoms with Crippen LogP contribution in [-0.2, 0) is 17.6 Å². The average Bonchev–Trinajstić information content (AvgIpc) is 3.36. The average molecular weight is 392 g/mol. The van der Waals surface area contributed by atoms with E-state index in [1.54, 1.807) is 18.2 Å². The summed E-state index contributed by atoms with van der Waals surface area (Å²) in [5, 5.41) is 2.89. The number of aromatic amines is 1. The Hall–Kier alpha value is -3.48. The molecule has 0 saturated heterocycles. The number of amides is 1. The van der Waals surface area contributed by atoms with Gasteiger partial charge in [0.2, 0.25) is 5.91 Å². The Morgan fingerprint density at radius 2 is 1.93 bits per heavy atom. The molecule has 4 aromatic rings. The molecule has 29 heavy (non-hydrogen) atoms. The van der Waals surface area contributed by atoms with Gasteiger partial charge in [-0.3, -0.25) is 4.79 Å². The number of H-pyrrole nitrogens is 1. The molecular weight excluding hydrogens is 371 g/mol. The van der Waals surface area contributed by atoms with E-state index in [-0.39, 0.29) is 18.1 Å². The zero-order valence-electron chi connectivity index (χ0n) is 15.8. The van der Waals surface area contributed by atoms with Crippen LogP contribution in [0.15, 0.2) is 59.1 Å². The summed E-state index contributed by atoms with van der Waals surface area (Å²) in [6.07, 6.45) is 3.67. The van der Waals surface area contributed by atoms with Crippen LogP contribution in [0.5, 0.6) is 0 Å². The van der Waals surface area contributed by atoms with Gasteiger partial charge in [0.05, 0.1) is 22.8 Å². The first-order valence-corrected chi connectivity index (χ1v) is 9.59. The molecule has 0 atom stereocenters. The Bertz CT molecular complexity index is 1090. The minimum absolute atomic E-state index is 0.0692. The number of hydrogen-bond acceptors (Lipinski definition) is 4. The number of nitrogens with one attached hydrogen (secondary N) is 2. The first-order chi connectivity index (χ1) is 14.2. The predicted octanol–water partition coefficient (Wildman–Crippen LogP) is 4.04. The lowest BCUT2D eigenvalue weighted by Gasteiger charge is -2.03. The van der Waals surface area contributed by atoms with Gasteiger partial charge in [0.1, 0.15) is 11.6 Å². The quantitative estimate of drug-likeness (QED) is 0.443. The second kappa shape index (κ2) is 8.68. The standard InChI is InChI=1S/C22H21FN4O2/c23-16-7-2-1-6-15(16)19-14-25-22(29-19)12-11-21(28)24-13-5-10-20-26-17-8-3-4-9-18(17)27-20/h1-4,6-9,14H,5,10-13H2,(H,24,28)(H,26,27). The van der Waals surface area contributed by atoms with E-state index in [1.807, 2.05) is 24.3 Å². The lowest BCUT2D eigenvalue weighted by molar-refractivity contribution is -0.121. The van der Waals surface area contributed by atoms with Gasteiger partial charge in [-0.1, -0.05) is 24.3 Å². The van der Waals surface area contributed by atoms with Crippen LogP contribution in [0.1, 0.15) is 24.6 Å². The number of rotatable bonds is 8. The van der Waals surface area contributed by atoms with Crippen LogP contribution in [-0.4, -0.2) is 27.4 Å². The summed E-state index contributed by atoms with van der Waals surface area (Å²) in [7, 11) is 0. The molecule has 2 aromatic carbocycles. The van der Waals surface area contributed by atoms with Gasteiger partial charge < -0.3 is 14.7 Å². The number of aromatic nitrogens is 3. The van der Waals surface area contributed by atoms with Crippen molar-refractivity contribution in [1.82, 2.24) is 20.3 Å². The molecule has 0 unspecified atom stereocenters. The number of halogens is 1. The number of nitrogens with zero attached hydrogens (tertiary/aromatic N) is 2. The van der Waals surface area contributed by atoms with Crippen molar-refractivity contribution in [2.45, 2.75) is 25.7 Å². The number of oxazole rings is 1. The van der Waals surface area contributed by atoms with Crippen LogP contribution < -0.4 is 5.32 Å². The Morgan fingerprint density at radius 3 is 2.79 bits per heavy atom. The number of carbonyl (C=O) groups excluding carboxylic acids is 1. The largest absolute Gasteiger partial charge is 0.441 e. The Labute approximate surface area is 167 Å². The Balaban J connectivity index is 1.20. The molecule has 7 heteroatoms. The van der Waals surface area contributed by atoms with Crippen LogP contribution in [0.4, 0.5) is 4.39 Å². The maximum atomic E-state index is 13.8. The van der Waals surface area contributed by atoms with Crippen LogP contribution in [0.25, 0.3) is 22.4 Å². The smallest absolute Gasteiger partial charge is 0.220 e. The fourth-order valence-corrected chi connectivity index (χ4v) is 3.13. The monoisotopic (exact) mass is 392 g/mol. The van der Waals surface area contributed by atoms with E-state index in [4.69, 9.17) is 4.42 Å². The second-order valence-corrected chi connectivity index (χ2v) is 6.75. The van der Waals surface area contributed by atoms with Gasteiger partial charge in [0, 0.05) is 25.8 Å². The van der Waals surface area contributed by atoms with Crippen molar-refractivity contribution in [3.63, 3.8) is 0 Å². The van der Waals surface area contributed by atoms with Gasteiger partial charge in [0.15, 0.2) is 11.7 Å². The number of imidazole rings is 1. The molecule has 6 nitrogen and oxygen atoms in total. The van der Waals surface area contributed by atoms with E-state index in [1.165, 1.54) is 12.3 Å². The molecule has 1 amide bonds. The summed E-state index contributed by atoms with van der Waals surface area (Å²) in [5.41, 5.74) is 2.33. The zero-order valence-corrected chi connectivity index (χ0v) is 15.8. The third-order valence-corrected chi connectivity index (χ3v) is 4.61. The molecule has 0 aliphatic carbocycles. The number of para-hydroxylation sites is 2. The maximum absolute atomic E-state index is 13.8. The fourth-order valence-electron chi connectivity index (χ4n) is 3.13. The van der Waals surface area contributed by atoms with E-state index < -0.39 is 0 Å². The zero-order chi connectivity index (χ0) is 20.1. The molecular formula is C22H21FN4O2. The topological polar surface area (TPSA) is 83.8 Å². The first kappa shape index (κ1) is 18.9. The van der Waals surface area contributed by atoms with E-state index in [0.717, 1.165) is 29.7 Å². The Morgan fingerprint density at radius 1 is 1.10 bits per heavy atom. The van der Waals surface area contributed by atoms with Gasteiger partial charge in [-0.2, -0.15) is 0 Å². The summed E-state index contributed by atoms with van der Waals surface area (Å²) < 4.78 is 19.4. The molecule has 0 radical (unpaired) electrons. The van der Waals surface area contributed by atoms with Crippen molar-refractivity contribution < 1.29 is 13.6 Å². The minimum atomic E-state index is -0.364. The van der Waals surface area contributed by atoms with Crippen LogP contribution >= 0.6 is 0 Å². The fraction of sp³-hybridized carbons (Fsp3) is 0.227. The summed E-state index contributed by atoms with van der Waals surface area (Å²) in [5.74, 6) is 1.27. The van der Waals surface area contributed by atoms with Crippen LogP contribution in [0.2, 0.25) is 0 Å². The molecule has 0 saturated carbocycles. The molecule has 0 aliphatic rings. The maximum Gasteiger partial charge on any atom is 0.220 e. The normalized spacial score (nSPS) is 11.1. The highest BCUT2D eigenvalue weighted by Crippen LogP contribution is 2.23. The molecule has 2 N–H and O–H groups in total. The number of fused-ring (bicyclic) bond motifs is 1. The Kier molecular flexibility index (Phi) is 5.65. The molecule has 0 spiro atoms. The van der Waals surface area contributed by atoms with Gasteiger partial charge in [-0.15, -0.1) is 0 Å². The second-order valence-electron chi connectivity index (χ2n) is 6.75. The highest BCUT2D eigenvalue weighted by atomic mass is 19.1. The highest BCUT2D eigenvalue weighted by molar-refractivity contribution is 5.76. The van der Waals surface area contributed by atoms with Crippen molar-refractivity contribution in [1.29, 1.82) is 0 Å². The predicted molar refractivity (Wildman–Crippen MR) is 108 cm³/mol. The van der Waals surface area contributed by atoms with Gasteiger partial charge >= 0.3 is 0 Å². The van der Waals surface area contributed by atoms with Crippen LogP contribution in [0.3, 0.4) is 0 Å². The molecule has 4 rings (SSSR count). The van der Waals surface area contributed by atoms with Gasteiger partial charge in [-0.05, 0) is 30.7 Å². The third-order valence-electron chi connectivity index (χ3n) is 4.61. The van der Waals surface area contributed by atoms with Gasteiger partial charge in [-0.25, -0.2) is 14.4 Å². The molecule has 0 aliphatic heterocycles. The van der Waals surface area contributed by atoms with E-state index >= 15 is 0 Å². The lowest BCUT2D eigenvalue weighted by atomic mass is 10.2. The number of benzene rings is 2. The number of aryl methyl sites for hydroxylation is 2. The summed E-state index contributed by atoms with van der Waals surface area (Å²) in [6.45, 7) is 0.571. The minimum Gasteiger partial charge on any atom is -0.441 e. The molecule has 2 aromatic heterocycles. The SMILES string of the molecule is O=C(CCc1ncc(-c2ccccc2F)o1)NCCCc1nc2ccccc2[nH]1. The highest BCUT2D eigenvalue weighted by Gasteiger charge is 2.11. The molecule has 0 bridgehead atoms. The first-order valence-electron chi connectivity index (χ1n) is 9.59. The summed E-state index contributed by atoms with van der Waals surface area (Å²) in [4.78, 5) is 24.0. The van der Waals surface area contributed by atoms with Crippen molar-refractivity contribution >= 4 is 16.9 Å².